The lowest BCUT2D eigenvalue weighted by molar-refractivity contribution is 0.0926. The molecule has 0 bridgehead atoms. The Morgan fingerprint density at radius 2 is 2.05 bits per heavy atom. The van der Waals surface area contributed by atoms with Gasteiger partial charge in [-0.15, -0.1) is 0 Å². The molecule has 0 atom stereocenters. The zero-order chi connectivity index (χ0) is 14.5. The van der Waals surface area contributed by atoms with E-state index < -0.39 is 0 Å². The third kappa shape index (κ3) is 3.03. The number of furan rings is 1. The highest BCUT2D eigenvalue weighted by Gasteiger charge is 2.17. The van der Waals surface area contributed by atoms with Crippen molar-refractivity contribution in [1.29, 1.82) is 0 Å². The fourth-order valence-electron chi connectivity index (χ4n) is 2.36. The Hall–Kier alpha value is -1.77. The minimum atomic E-state index is -0.104. The molecular weight excluding hydrogens is 250 g/mol. The third-order valence-electron chi connectivity index (χ3n) is 3.68. The first kappa shape index (κ1) is 14.6. The van der Waals surface area contributed by atoms with Gasteiger partial charge in [-0.25, -0.2) is 0 Å². The van der Waals surface area contributed by atoms with Crippen LogP contribution in [0, 0.1) is 6.92 Å². The van der Waals surface area contributed by atoms with Crippen LogP contribution in [0.15, 0.2) is 22.6 Å². The molecule has 0 radical (unpaired) electrons. The number of amides is 1. The number of benzene rings is 1. The number of unbranched alkanes of at least 4 members (excludes halogenated alkanes) is 2. The number of hydrogen-bond donors (Lipinski definition) is 1. The van der Waals surface area contributed by atoms with Crippen LogP contribution < -0.4 is 5.32 Å². The zero-order valence-electron chi connectivity index (χ0n) is 12.6. The summed E-state index contributed by atoms with van der Waals surface area (Å²) in [5.74, 6) is 0.345. The van der Waals surface area contributed by atoms with Gasteiger partial charge in [0.25, 0.3) is 5.91 Å². The lowest BCUT2D eigenvalue weighted by Crippen LogP contribution is -2.24. The maximum atomic E-state index is 12.1. The molecule has 0 aliphatic heterocycles. The van der Waals surface area contributed by atoms with Crippen LogP contribution in [0.1, 0.15) is 54.8 Å². The highest BCUT2D eigenvalue weighted by atomic mass is 16.3. The van der Waals surface area contributed by atoms with E-state index in [4.69, 9.17) is 4.42 Å². The van der Waals surface area contributed by atoms with E-state index in [1.807, 2.05) is 19.1 Å². The van der Waals surface area contributed by atoms with Crippen molar-refractivity contribution >= 4 is 16.9 Å². The Morgan fingerprint density at radius 1 is 1.25 bits per heavy atom. The summed E-state index contributed by atoms with van der Waals surface area (Å²) in [4.78, 5) is 12.1. The van der Waals surface area contributed by atoms with Crippen LogP contribution in [0.2, 0.25) is 0 Å². The van der Waals surface area contributed by atoms with Gasteiger partial charge in [-0.2, -0.15) is 0 Å². The van der Waals surface area contributed by atoms with Crippen molar-refractivity contribution < 1.29 is 9.21 Å². The van der Waals surface area contributed by atoms with Crippen molar-refractivity contribution in [3.05, 3.63) is 35.1 Å². The number of carbonyl (C=O) groups is 1. The molecular formula is C17H23NO2. The summed E-state index contributed by atoms with van der Waals surface area (Å²) in [5.41, 5.74) is 2.98. The van der Waals surface area contributed by atoms with Crippen LogP contribution >= 0.6 is 0 Å². The van der Waals surface area contributed by atoms with Crippen LogP contribution in [0.3, 0.4) is 0 Å². The maximum absolute atomic E-state index is 12.1. The van der Waals surface area contributed by atoms with Gasteiger partial charge in [-0.3, -0.25) is 4.79 Å². The van der Waals surface area contributed by atoms with E-state index in [1.165, 1.54) is 5.56 Å². The molecule has 0 saturated carbocycles. The fraction of sp³-hybridized carbons (Fsp3) is 0.471. The highest BCUT2D eigenvalue weighted by Crippen LogP contribution is 2.26. The molecule has 1 heterocycles. The lowest BCUT2D eigenvalue weighted by Gasteiger charge is -2.02. The largest absolute Gasteiger partial charge is 0.451 e. The summed E-state index contributed by atoms with van der Waals surface area (Å²) in [6, 6.07) is 6.12. The smallest absolute Gasteiger partial charge is 0.287 e. The van der Waals surface area contributed by atoms with Gasteiger partial charge in [0.15, 0.2) is 5.76 Å². The molecule has 0 aliphatic rings. The summed E-state index contributed by atoms with van der Waals surface area (Å²) in [5, 5.41) is 3.98. The summed E-state index contributed by atoms with van der Waals surface area (Å²) in [6.07, 6.45) is 4.29. The third-order valence-corrected chi connectivity index (χ3v) is 3.68. The Balaban J connectivity index is 2.17. The lowest BCUT2D eigenvalue weighted by atomic mass is 10.1. The molecule has 0 spiro atoms. The second-order valence-corrected chi connectivity index (χ2v) is 5.20. The van der Waals surface area contributed by atoms with Crippen LogP contribution in [-0.2, 0) is 6.42 Å². The van der Waals surface area contributed by atoms with Crippen LogP contribution in [0.4, 0.5) is 0 Å². The first-order valence-electron chi connectivity index (χ1n) is 7.47. The van der Waals surface area contributed by atoms with Crippen molar-refractivity contribution in [3.63, 3.8) is 0 Å². The molecule has 20 heavy (non-hydrogen) atoms. The van der Waals surface area contributed by atoms with E-state index >= 15 is 0 Å². The van der Waals surface area contributed by atoms with Crippen LogP contribution in [-0.4, -0.2) is 12.5 Å². The molecule has 3 nitrogen and oxygen atoms in total. The van der Waals surface area contributed by atoms with Gasteiger partial charge >= 0.3 is 0 Å². The molecule has 3 heteroatoms. The van der Waals surface area contributed by atoms with Crippen molar-refractivity contribution in [2.24, 2.45) is 0 Å². The topological polar surface area (TPSA) is 42.2 Å². The quantitative estimate of drug-likeness (QED) is 0.800. The standard InChI is InChI=1S/C17H23NO2/c1-4-6-7-10-18-17(19)16-12(3)14-11-13(5-2)8-9-15(14)20-16/h8-9,11H,4-7,10H2,1-3H3,(H,18,19). The van der Waals surface area contributed by atoms with Gasteiger partial charge in [0.1, 0.15) is 5.58 Å². The number of carbonyl (C=O) groups excluding carboxylic acids is 1. The second-order valence-electron chi connectivity index (χ2n) is 5.20. The van der Waals surface area contributed by atoms with E-state index in [9.17, 15) is 4.79 Å². The summed E-state index contributed by atoms with van der Waals surface area (Å²) in [6.45, 7) is 6.93. The summed E-state index contributed by atoms with van der Waals surface area (Å²) in [7, 11) is 0. The SMILES string of the molecule is CCCCCNC(=O)c1oc2ccc(CC)cc2c1C. The van der Waals surface area contributed by atoms with Gasteiger partial charge in [0.05, 0.1) is 0 Å². The van der Waals surface area contributed by atoms with Crippen molar-refractivity contribution in [1.82, 2.24) is 5.32 Å². The fourth-order valence-corrected chi connectivity index (χ4v) is 2.36. The Labute approximate surface area is 120 Å². The molecule has 0 saturated heterocycles. The van der Waals surface area contributed by atoms with Crippen LogP contribution in [0.5, 0.6) is 0 Å². The summed E-state index contributed by atoms with van der Waals surface area (Å²) >= 11 is 0. The number of hydrogen-bond acceptors (Lipinski definition) is 2. The molecule has 0 fully saturated rings. The Morgan fingerprint density at radius 3 is 2.75 bits per heavy atom. The molecule has 1 N–H and O–H groups in total. The molecule has 2 aromatic rings. The van der Waals surface area contributed by atoms with E-state index in [1.54, 1.807) is 0 Å². The molecule has 1 aromatic heterocycles. The monoisotopic (exact) mass is 273 g/mol. The first-order valence-corrected chi connectivity index (χ1v) is 7.47. The van der Waals surface area contributed by atoms with Gasteiger partial charge in [0.2, 0.25) is 0 Å². The average molecular weight is 273 g/mol. The van der Waals surface area contributed by atoms with E-state index in [0.717, 1.165) is 42.2 Å². The number of rotatable bonds is 6. The van der Waals surface area contributed by atoms with E-state index in [2.05, 4.69) is 25.2 Å². The predicted molar refractivity (Wildman–Crippen MR) is 82.2 cm³/mol. The average Bonchev–Trinajstić information content (AvgIpc) is 2.80. The Bertz CT molecular complexity index is 598. The molecule has 0 unspecified atom stereocenters. The second kappa shape index (κ2) is 6.60. The number of nitrogens with one attached hydrogen (secondary N) is 1. The highest BCUT2D eigenvalue weighted by molar-refractivity contribution is 5.99. The minimum absolute atomic E-state index is 0.104. The molecule has 1 amide bonds. The van der Waals surface area contributed by atoms with Gasteiger partial charge < -0.3 is 9.73 Å². The number of aryl methyl sites for hydroxylation is 2. The summed E-state index contributed by atoms with van der Waals surface area (Å²) < 4.78 is 5.71. The maximum Gasteiger partial charge on any atom is 0.287 e. The molecule has 1 aromatic carbocycles. The van der Waals surface area contributed by atoms with Gasteiger partial charge in [-0.1, -0.05) is 32.8 Å². The van der Waals surface area contributed by atoms with Gasteiger partial charge in [0, 0.05) is 17.5 Å². The molecule has 2 rings (SSSR count). The van der Waals surface area contributed by atoms with Gasteiger partial charge in [-0.05, 0) is 37.5 Å². The zero-order valence-corrected chi connectivity index (χ0v) is 12.6. The van der Waals surface area contributed by atoms with E-state index in [-0.39, 0.29) is 5.91 Å². The predicted octanol–water partition coefficient (Wildman–Crippen LogP) is 4.22. The first-order chi connectivity index (χ1) is 9.67. The van der Waals surface area contributed by atoms with Crippen molar-refractivity contribution in [3.8, 4) is 0 Å². The Kier molecular flexibility index (Phi) is 4.83. The van der Waals surface area contributed by atoms with E-state index in [0.29, 0.717) is 12.3 Å². The van der Waals surface area contributed by atoms with Crippen molar-refractivity contribution in [2.45, 2.75) is 46.5 Å². The molecule has 108 valence electrons. The number of fused-ring (bicyclic) bond motifs is 1. The normalized spacial score (nSPS) is 10.9. The van der Waals surface area contributed by atoms with Crippen LogP contribution in [0.25, 0.3) is 11.0 Å². The van der Waals surface area contributed by atoms with Crippen molar-refractivity contribution in [2.75, 3.05) is 6.54 Å². The molecule has 0 aliphatic carbocycles. The minimum Gasteiger partial charge on any atom is -0.451 e.